The normalized spacial score (nSPS) is 21.8. The maximum atomic E-state index is 14.9. The molecule has 9 nitrogen and oxygen atoms in total. The Bertz CT molecular complexity index is 1330. The number of alkyl halides is 3. The number of rotatable bonds is 6. The molecule has 0 bridgehead atoms. The SMILES string of the molecule is CC1(Nc2ncc3nc(Nc4cccc(C(F)(F)F)c4F)n([C@H]4CC[C@H](C(N)=O)CC4)c3n2)CCOCC1. The Morgan fingerprint density at radius 1 is 1.16 bits per heavy atom. The largest absolute Gasteiger partial charge is 0.419 e. The molecule has 5 rings (SSSR count). The Kier molecular flexibility index (Phi) is 6.88. The van der Waals surface area contributed by atoms with Gasteiger partial charge >= 0.3 is 6.18 Å². The Morgan fingerprint density at radius 3 is 2.53 bits per heavy atom. The first-order valence-electron chi connectivity index (χ1n) is 12.6. The van der Waals surface area contributed by atoms with Gasteiger partial charge in [-0.05, 0) is 57.6 Å². The third-order valence-corrected chi connectivity index (χ3v) is 7.46. The van der Waals surface area contributed by atoms with Gasteiger partial charge in [0.2, 0.25) is 17.8 Å². The van der Waals surface area contributed by atoms with Crippen molar-refractivity contribution >= 4 is 34.7 Å². The lowest BCUT2D eigenvalue weighted by molar-refractivity contribution is -0.139. The average molecular weight is 536 g/mol. The molecule has 0 atom stereocenters. The van der Waals surface area contributed by atoms with Crippen molar-refractivity contribution in [3.8, 4) is 0 Å². The highest BCUT2D eigenvalue weighted by molar-refractivity contribution is 5.78. The summed E-state index contributed by atoms with van der Waals surface area (Å²) in [5, 5.41) is 6.15. The van der Waals surface area contributed by atoms with Crippen LogP contribution >= 0.6 is 0 Å². The number of nitrogens with two attached hydrogens (primary N) is 1. The number of hydrogen-bond donors (Lipinski definition) is 3. The zero-order valence-corrected chi connectivity index (χ0v) is 20.8. The Balaban J connectivity index is 1.54. The van der Waals surface area contributed by atoms with Crippen LogP contribution in [0.1, 0.15) is 57.1 Å². The Morgan fingerprint density at radius 2 is 1.87 bits per heavy atom. The quantitative estimate of drug-likeness (QED) is 0.383. The number of nitrogens with one attached hydrogen (secondary N) is 2. The number of fused-ring (bicyclic) bond motifs is 1. The van der Waals surface area contributed by atoms with Crippen LogP contribution in [-0.2, 0) is 15.7 Å². The molecule has 13 heteroatoms. The van der Waals surface area contributed by atoms with Gasteiger partial charge in [0, 0.05) is 30.7 Å². The van der Waals surface area contributed by atoms with E-state index in [2.05, 4.69) is 27.5 Å². The minimum absolute atomic E-state index is 0.143. The predicted molar refractivity (Wildman–Crippen MR) is 132 cm³/mol. The van der Waals surface area contributed by atoms with E-state index in [-0.39, 0.29) is 35.0 Å². The minimum atomic E-state index is -4.85. The molecular weight excluding hydrogens is 506 g/mol. The minimum Gasteiger partial charge on any atom is -0.381 e. The maximum absolute atomic E-state index is 14.9. The van der Waals surface area contributed by atoms with Gasteiger partial charge in [-0.25, -0.2) is 14.4 Å². The molecule has 1 saturated heterocycles. The molecule has 0 spiro atoms. The standard InChI is InChI=1S/C25H29F4N7O2/c1-24(9-11-38-12-10-24)35-22-31-13-18-21(34-22)36(15-7-5-14(6-8-15)20(30)37)23(33-18)32-17-4-2-3-16(19(17)26)25(27,28)29/h2-4,13-15H,5-12H2,1H3,(H2,30,37)(H,32,33)(H,31,34,35)/t14-,15-. The Labute approximate surface area is 216 Å². The van der Waals surface area contributed by atoms with Gasteiger partial charge in [0.25, 0.3) is 0 Å². The Hall–Kier alpha value is -3.48. The van der Waals surface area contributed by atoms with Crippen LogP contribution in [-0.4, -0.2) is 44.2 Å². The van der Waals surface area contributed by atoms with Crippen molar-refractivity contribution in [2.75, 3.05) is 23.8 Å². The molecule has 1 aromatic carbocycles. The summed E-state index contributed by atoms with van der Waals surface area (Å²) in [5.41, 5.74) is 4.36. The van der Waals surface area contributed by atoms with Crippen LogP contribution in [0.3, 0.4) is 0 Å². The van der Waals surface area contributed by atoms with Gasteiger partial charge in [-0.2, -0.15) is 18.2 Å². The van der Waals surface area contributed by atoms with Gasteiger partial charge in [-0.1, -0.05) is 6.07 Å². The van der Waals surface area contributed by atoms with Crippen LogP contribution in [0.5, 0.6) is 0 Å². The summed E-state index contributed by atoms with van der Waals surface area (Å²) in [5.74, 6) is -1.51. The average Bonchev–Trinajstić information content (AvgIpc) is 3.22. The second-order valence-corrected chi connectivity index (χ2v) is 10.2. The highest BCUT2D eigenvalue weighted by atomic mass is 19.4. The third-order valence-electron chi connectivity index (χ3n) is 7.46. The van der Waals surface area contributed by atoms with Crippen LogP contribution in [0, 0.1) is 11.7 Å². The number of carbonyl (C=O) groups is 1. The van der Waals surface area contributed by atoms with Gasteiger partial charge in [0.05, 0.1) is 17.4 Å². The van der Waals surface area contributed by atoms with Gasteiger partial charge in [0.1, 0.15) is 5.52 Å². The number of nitrogens with zero attached hydrogens (tertiary/aromatic N) is 4. The van der Waals surface area contributed by atoms with Crippen molar-refractivity contribution in [2.45, 2.75) is 63.2 Å². The smallest absolute Gasteiger partial charge is 0.381 e. The number of benzene rings is 1. The fraction of sp³-hybridized carbons (Fsp3) is 0.520. The molecule has 2 fully saturated rings. The van der Waals surface area contributed by atoms with Crippen LogP contribution in [0.2, 0.25) is 0 Å². The summed E-state index contributed by atoms with van der Waals surface area (Å²) in [7, 11) is 0. The molecule has 204 valence electrons. The van der Waals surface area contributed by atoms with E-state index in [1.165, 1.54) is 12.3 Å². The summed E-state index contributed by atoms with van der Waals surface area (Å²) >= 11 is 0. The van der Waals surface area contributed by atoms with Crippen LogP contribution < -0.4 is 16.4 Å². The molecule has 0 unspecified atom stereocenters. The predicted octanol–water partition coefficient (Wildman–Crippen LogP) is 4.93. The number of primary amides is 1. The van der Waals surface area contributed by atoms with Crippen molar-refractivity contribution in [1.82, 2.24) is 19.5 Å². The number of hydrogen-bond acceptors (Lipinski definition) is 7. The molecule has 1 amide bonds. The van der Waals surface area contributed by atoms with Crippen molar-refractivity contribution < 1.29 is 27.1 Å². The molecular formula is C25H29F4N7O2. The maximum Gasteiger partial charge on any atom is 0.419 e. The van der Waals surface area contributed by atoms with Crippen molar-refractivity contribution in [3.63, 3.8) is 0 Å². The van der Waals surface area contributed by atoms with E-state index < -0.39 is 17.6 Å². The lowest BCUT2D eigenvalue weighted by Gasteiger charge is -2.34. The van der Waals surface area contributed by atoms with E-state index in [1.807, 2.05) is 0 Å². The van der Waals surface area contributed by atoms with E-state index in [4.69, 9.17) is 15.5 Å². The highest BCUT2D eigenvalue weighted by Gasteiger charge is 2.36. The van der Waals surface area contributed by atoms with Gasteiger partial charge in [-0.3, -0.25) is 9.36 Å². The number of ether oxygens (including phenoxy) is 1. The number of halogens is 4. The van der Waals surface area contributed by atoms with Gasteiger partial charge < -0.3 is 21.1 Å². The second-order valence-electron chi connectivity index (χ2n) is 10.2. The molecule has 0 radical (unpaired) electrons. The third kappa shape index (κ3) is 5.24. The first-order chi connectivity index (χ1) is 18.0. The van der Waals surface area contributed by atoms with Crippen molar-refractivity contribution in [2.24, 2.45) is 11.7 Å². The van der Waals surface area contributed by atoms with E-state index in [9.17, 15) is 22.4 Å². The fourth-order valence-corrected chi connectivity index (χ4v) is 5.19. The second kappa shape index (κ2) is 10.0. The van der Waals surface area contributed by atoms with E-state index >= 15 is 0 Å². The lowest BCUT2D eigenvalue weighted by atomic mass is 9.85. The van der Waals surface area contributed by atoms with E-state index in [0.29, 0.717) is 62.1 Å². The molecule has 2 aromatic heterocycles. The first kappa shape index (κ1) is 26.1. The molecule has 1 aliphatic carbocycles. The van der Waals surface area contributed by atoms with Gasteiger partial charge in [0.15, 0.2) is 11.5 Å². The zero-order chi connectivity index (χ0) is 27.1. The molecule has 1 aliphatic heterocycles. The molecule has 3 aromatic rings. The summed E-state index contributed by atoms with van der Waals surface area (Å²) in [4.78, 5) is 25.3. The number of imidazole rings is 1. The first-order valence-corrected chi connectivity index (χ1v) is 12.6. The van der Waals surface area contributed by atoms with E-state index in [0.717, 1.165) is 18.9 Å². The van der Waals surface area contributed by atoms with E-state index in [1.54, 1.807) is 4.57 Å². The lowest BCUT2D eigenvalue weighted by Crippen LogP contribution is -2.41. The summed E-state index contributed by atoms with van der Waals surface area (Å²) in [6.45, 7) is 3.29. The number of carbonyl (C=O) groups excluding carboxylic acids is 1. The number of anilines is 3. The summed E-state index contributed by atoms with van der Waals surface area (Å²) in [6.07, 6.45) is 0.463. The molecule has 2 aliphatic rings. The molecule has 4 N–H and O–H groups in total. The van der Waals surface area contributed by atoms with Crippen LogP contribution in [0.25, 0.3) is 11.2 Å². The number of amides is 1. The van der Waals surface area contributed by atoms with Crippen molar-refractivity contribution in [3.05, 3.63) is 35.8 Å². The summed E-state index contributed by atoms with van der Waals surface area (Å²) < 4.78 is 62.0. The topological polar surface area (TPSA) is 120 Å². The van der Waals surface area contributed by atoms with Crippen molar-refractivity contribution in [1.29, 1.82) is 0 Å². The molecule has 1 saturated carbocycles. The summed E-state index contributed by atoms with van der Waals surface area (Å²) in [6, 6.07) is 2.86. The molecule has 38 heavy (non-hydrogen) atoms. The van der Waals surface area contributed by atoms with Gasteiger partial charge in [-0.15, -0.1) is 0 Å². The van der Waals surface area contributed by atoms with Crippen LogP contribution in [0.4, 0.5) is 35.1 Å². The monoisotopic (exact) mass is 535 g/mol. The zero-order valence-electron chi connectivity index (χ0n) is 20.8. The number of aromatic nitrogens is 4. The van der Waals surface area contributed by atoms with Crippen LogP contribution in [0.15, 0.2) is 24.4 Å². The fourth-order valence-electron chi connectivity index (χ4n) is 5.19. The molecule has 3 heterocycles. The highest BCUT2D eigenvalue weighted by Crippen LogP contribution is 2.39.